The van der Waals surface area contributed by atoms with Gasteiger partial charge in [-0.15, -0.1) is 0 Å². The van der Waals surface area contributed by atoms with Gasteiger partial charge in [-0.2, -0.15) is 0 Å². The van der Waals surface area contributed by atoms with Gasteiger partial charge in [-0.1, -0.05) is 51.1 Å². The molecule has 0 atom stereocenters. The first-order chi connectivity index (χ1) is 12.4. The fourth-order valence-electron chi connectivity index (χ4n) is 3.31. The van der Waals surface area contributed by atoms with Crippen molar-refractivity contribution in [3.8, 4) is 0 Å². The Morgan fingerprint density at radius 2 is 1.69 bits per heavy atom. The fourth-order valence-corrected chi connectivity index (χ4v) is 3.31. The molecular weight excluding hydrogens is 322 g/mol. The quantitative estimate of drug-likeness (QED) is 0.843. The summed E-state index contributed by atoms with van der Waals surface area (Å²) in [6.07, 6.45) is 3.21. The number of carbonyl (C=O) groups excluding carboxylic acids is 1. The Bertz CT molecular complexity index is 711. The monoisotopic (exact) mass is 351 g/mol. The van der Waals surface area contributed by atoms with Crippen molar-refractivity contribution >= 4 is 11.7 Å². The molecule has 0 unspecified atom stereocenters. The van der Waals surface area contributed by atoms with E-state index in [0.29, 0.717) is 6.42 Å². The lowest BCUT2D eigenvalue weighted by Crippen LogP contribution is -2.49. The molecule has 4 heteroatoms. The van der Waals surface area contributed by atoms with Crippen LogP contribution in [0.15, 0.2) is 48.7 Å². The minimum Gasteiger partial charge on any atom is -0.353 e. The predicted molar refractivity (Wildman–Crippen MR) is 106 cm³/mol. The zero-order valence-corrected chi connectivity index (χ0v) is 16.1. The highest BCUT2D eigenvalue weighted by Crippen LogP contribution is 2.22. The van der Waals surface area contributed by atoms with Crippen molar-refractivity contribution in [1.82, 2.24) is 9.88 Å². The molecule has 1 aromatic carbocycles. The fraction of sp³-hybridized carbons (Fsp3) is 0.455. The van der Waals surface area contributed by atoms with Crippen LogP contribution in [-0.4, -0.2) is 42.0 Å². The largest absolute Gasteiger partial charge is 0.353 e. The van der Waals surface area contributed by atoms with Crippen molar-refractivity contribution in [2.45, 2.75) is 39.0 Å². The second-order valence-corrected chi connectivity index (χ2v) is 8.00. The van der Waals surface area contributed by atoms with Gasteiger partial charge in [0, 0.05) is 38.8 Å². The summed E-state index contributed by atoms with van der Waals surface area (Å²) in [7, 11) is 0. The molecule has 0 radical (unpaired) electrons. The molecule has 2 heterocycles. The Balaban J connectivity index is 1.47. The van der Waals surface area contributed by atoms with Crippen LogP contribution in [0.4, 0.5) is 5.82 Å². The molecular formula is C22H29N3O. The average Bonchev–Trinajstić information content (AvgIpc) is 2.66. The van der Waals surface area contributed by atoms with E-state index in [9.17, 15) is 4.79 Å². The van der Waals surface area contributed by atoms with Gasteiger partial charge in [0.05, 0.1) is 0 Å². The maximum atomic E-state index is 12.5. The van der Waals surface area contributed by atoms with E-state index >= 15 is 0 Å². The molecule has 138 valence electrons. The number of aromatic nitrogens is 1. The molecule has 1 fully saturated rings. The Morgan fingerprint density at radius 3 is 2.27 bits per heavy atom. The van der Waals surface area contributed by atoms with Gasteiger partial charge in [-0.05, 0) is 35.1 Å². The smallest absolute Gasteiger partial charge is 0.223 e. The van der Waals surface area contributed by atoms with Gasteiger partial charge < -0.3 is 9.80 Å². The highest BCUT2D eigenvalue weighted by molar-refractivity contribution is 5.76. The van der Waals surface area contributed by atoms with E-state index in [1.165, 1.54) is 11.1 Å². The van der Waals surface area contributed by atoms with E-state index in [-0.39, 0.29) is 11.3 Å². The van der Waals surface area contributed by atoms with Gasteiger partial charge in [0.25, 0.3) is 0 Å². The van der Waals surface area contributed by atoms with Gasteiger partial charge in [0.2, 0.25) is 5.91 Å². The molecule has 26 heavy (non-hydrogen) atoms. The van der Waals surface area contributed by atoms with E-state index < -0.39 is 0 Å². The number of carbonyl (C=O) groups is 1. The second-order valence-electron chi connectivity index (χ2n) is 8.00. The second kappa shape index (κ2) is 7.90. The minimum absolute atomic E-state index is 0.168. The van der Waals surface area contributed by atoms with E-state index in [2.05, 4.69) is 54.9 Å². The highest BCUT2D eigenvalue weighted by Gasteiger charge is 2.21. The highest BCUT2D eigenvalue weighted by atomic mass is 16.2. The molecule has 1 aromatic heterocycles. The van der Waals surface area contributed by atoms with E-state index in [0.717, 1.165) is 38.4 Å². The molecule has 1 aliphatic rings. The summed E-state index contributed by atoms with van der Waals surface area (Å²) >= 11 is 0. The molecule has 1 amide bonds. The van der Waals surface area contributed by atoms with Crippen LogP contribution in [0.3, 0.4) is 0 Å². The Kier molecular flexibility index (Phi) is 5.60. The maximum Gasteiger partial charge on any atom is 0.223 e. The number of rotatable bonds is 4. The molecule has 0 spiro atoms. The number of piperazine rings is 1. The number of hydrogen-bond donors (Lipinski definition) is 0. The van der Waals surface area contributed by atoms with Crippen LogP contribution in [0.1, 0.15) is 38.3 Å². The van der Waals surface area contributed by atoms with Crippen molar-refractivity contribution < 1.29 is 4.79 Å². The van der Waals surface area contributed by atoms with Crippen LogP contribution in [0.5, 0.6) is 0 Å². The van der Waals surface area contributed by atoms with Gasteiger partial charge in [0.1, 0.15) is 5.82 Å². The maximum absolute atomic E-state index is 12.5. The SMILES string of the molecule is CC(C)(C)c1ccc(CCC(=O)N2CCN(c3ccccn3)CC2)cc1. The molecule has 0 saturated carbocycles. The van der Waals surface area contributed by atoms with Gasteiger partial charge >= 0.3 is 0 Å². The number of nitrogens with zero attached hydrogens (tertiary/aromatic N) is 3. The van der Waals surface area contributed by atoms with Crippen LogP contribution < -0.4 is 4.90 Å². The lowest BCUT2D eigenvalue weighted by atomic mass is 9.86. The Hall–Kier alpha value is -2.36. The molecule has 1 aliphatic heterocycles. The van der Waals surface area contributed by atoms with Gasteiger partial charge in [-0.25, -0.2) is 4.98 Å². The summed E-state index contributed by atoms with van der Waals surface area (Å²) in [5, 5.41) is 0. The predicted octanol–water partition coefficient (Wildman–Crippen LogP) is 3.66. The van der Waals surface area contributed by atoms with Crippen LogP contribution in [0.2, 0.25) is 0 Å². The number of hydrogen-bond acceptors (Lipinski definition) is 3. The van der Waals surface area contributed by atoms with Crippen LogP contribution >= 0.6 is 0 Å². The summed E-state index contributed by atoms with van der Waals surface area (Å²) in [6.45, 7) is 9.91. The first-order valence-electron chi connectivity index (χ1n) is 9.47. The lowest BCUT2D eigenvalue weighted by Gasteiger charge is -2.35. The Labute approximate surface area is 156 Å². The summed E-state index contributed by atoms with van der Waals surface area (Å²) in [6, 6.07) is 14.7. The van der Waals surface area contributed by atoms with Crippen LogP contribution in [-0.2, 0) is 16.6 Å². The Morgan fingerprint density at radius 1 is 1.00 bits per heavy atom. The zero-order chi connectivity index (χ0) is 18.6. The van der Waals surface area contributed by atoms with Crippen molar-refractivity contribution in [3.63, 3.8) is 0 Å². The summed E-state index contributed by atoms with van der Waals surface area (Å²) in [5.41, 5.74) is 2.73. The van der Waals surface area contributed by atoms with Crippen molar-refractivity contribution in [2.24, 2.45) is 0 Å². The van der Waals surface area contributed by atoms with E-state index in [1.54, 1.807) is 0 Å². The average molecular weight is 351 g/mol. The number of aryl methyl sites for hydroxylation is 1. The summed E-state index contributed by atoms with van der Waals surface area (Å²) in [5.74, 6) is 1.25. The molecule has 4 nitrogen and oxygen atoms in total. The molecule has 3 rings (SSSR count). The summed E-state index contributed by atoms with van der Waals surface area (Å²) in [4.78, 5) is 21.2. The van der Waals surface area contributed by atoms with Crippen molar-refractivity contribution in [2.75, 3.05) is 31.1 Å². The number of amides is 1. The third-order valence-electron chi connectivity index (χ3n) is 5.05. The third-order valence-corrected chi connectivity index (χ3v) is 5.05. The number of pyridine rings is 1. The molecule has 0 aliphatic carbocycles. The van der Waals surface area contributed by atoms with Crippen molar-refractivity contribution in [1.29, 1.82) is 0 Å². The van der Waals surface area contributed by atoms with Gasteiger partial charge in [0.15, 0.2) is 0 Å². The zero-order valence-electron chi connectivity index (χ0n) is 16.1. The molecule has 0 bridgehead atoms. The van der Waals surface area contributed by atoms with Crippen LogP contribution in [0, 0.1) is 0 Å². The third kappa shape index (κ3) is 4.63. The number of benzene rings is 1. The lowest BCUT2D eigenvalue weighted by molar-refractivity contribution is -0.131. The van der Waals surface area contributed by atoms with Gasteiger partial charge in [-0.3, -0.25) is 4.79 Å². The first kappa shape index (κ1) is 18.4. The minimum atomic E-state index is 0.168. The normalized spacial score (nSPS) is 15.2. The molecule has 1 saturated heterocycles. The van der Waals surface area contributed by atoms with E-state index in [1.807, 2.05) is 29.3 Å². The standard InChI is InChI=1S/C22H29N3O/c1-22(2,3)19-10-7-18(8-11-19)9-12-21(26)25-16-14-24(15-17-25)20-6-4-5-13-23-20/h4-8,10-11,13H,9,12,14-17H2,1-3H3. The molecule has 0 N–H and O–H groups in total. The first-order valence-corrected chi connectivity index (χ1v) is 9.47. The number of anilines is 1. The topological polar surface area (TPSA) is 36.4 Å². The van der Waals surface area contributed by atoms with Crippen molar-refractivity contribution in [3.05, 3.63) is 59.8 Å². The molecule has 2 aromatic rings. The van der Waals surface area contributed by atoms with Crippen LogP contribution in [0.25, 0.3) is 0 Å². The van der Waals surface area contributed by atoms with E-state index in [4.69, 9.17) is 0 Å². The summed E-state index contributed by atoms with van der Waals surface area (Å²) < 4.78 is 0.